The Morgan fingerprint density at radius 3 is 2.91 bits per heavy atom. The molecule has 6 nitrogen and oxygen atoms in total. The summed E-state index contributed by atoms with van der Waals surface area (Å²) < 4.78 is 31.6. The van der Waals surface area contributed by atoms with E-state index >= 15 is 0 Å². The second-order valence-electron chi connectivity index (χ2n) is 8.92. The molecule has 0 spiro atoms. The molecule has 1 aliphatic carbocycles. The summed E-state index contributed by atoms with van der Waals surface area (Å²) in [6.45, 7) is 3.06. The fraction of sp³-hybridized carbons (Fsp3) is 0.400. The van der Waals surface area contributed by atoms with E-state index in [1.54, 1.807) is 6.07 Å². The topological polar surface area (TPSA) is 72.3 Å². The molecule has 6 rings (SSSR count). The van der Waals surface area contributed by atoms with E-state index in [1.165, 1.54) is 11.6 Å². The van der Waals surface area contributed by atoms with Gasteiger partial charge >= 0.3 is 0 Å². The molecule has 3 heterocycles. The summed E-state index contributed by atoms with van der Waals surface area (Å²) in [5.74, 6) is 2.26. The molecule has 2 N–H and O–H groups in total. The molecular weight excluding hydrogens is 409 g/mol. The molecule has 0 saturated heterocycles. The van der Waals surface area contributed by atoms with Gasteiger partial charge in [0.15, 0.2) is 11.6 Å². The van der Waals surface area contributed by atoms with E-state index in [0.717, 1.165) is 48.6 Å². The van der Waals surface area contributed by atoms with Crippen molar-refractivity contribution >= 4 is 22.0 Å². The van der Waals surface area contributed by atoms with E-state index in [4.69, 9.17) is 13.9 Å². The minimum Gasteiger partial charge on any atom is -0.486 e. The van der Waals surface area contributed by atoms with Crippen molar-refractivity contribution in [2.24, 2.45) is 0 Å². The Labute approximate surface area is 185 Å². The summed E-state index contributed by atoms with van der Waals surface area (Å²) in [6, 6.07) is 9.21. The van der Waals surface area contributed by atoms with Crippen LogP contribution in [0, 0.1) is 12.7 Å². The Bertz CT molecular complexity index is 1270. The van der Waals surface area contributed by atoms with Gasteiger partial charge in [-0.25, -0.2) is 9.37 Å². The monoisotopic (exact) mass is 435 g/mol. The molecule has 2 aromatic carbocycles. The van der Waals surface area contributed by atoms with Crippen molar-refractivity contribution in [3.8, 4) is 11.5 Å². The molecule has 7 heteroatoms. The smallest absolute Gasteiger partial charge is 0.207 e. The first-order valence-corrected chi connectivity index (χ1v) is 11.3. The second-order valence-corrected chi connectivity index (χ2v) is 8.92. The summed E-state index contributed by atoms with van der Waals surface area (Å²) in [5.41, 5.74) is 3.69. The Kier molecular flexibility index (Phi) is 4.79. The van der Waals surface area contributed by atoms with Crippen LogP contribution in [0.3, 0.4) is 0 Å². The molecular formula is C25H26FN3O3. The predicted molar refractivity (Wildman–Crippen MR) is 120 cm³/mol. The zero-order valence-corrected chi connectivity index (χ0v) is 18.0. The van der Waals surface area contributed by atoms with Gasteiger partial charge in [0.05, 0.1) is 0 Å². The molecule has 2 aromatic heterocycles. The van der Waals surface area contributed by atoms with Gasteiger partial charge in [0.1, 0.15) is 24.0 Å². The van der Waals surface area contributed by atoms with Gasteiger partial charge in [-0.1, -0.05) is 0 Å². The van der Waals surface area contributed by atoms with Crippen LogP contribution in [0.4, 0.5) is 4.39 Å². The van der Waals surface area contributed by atoms with Gasteiger partial charge in [-0.3, -0.25) is 0 Å². The molecule has 0 radical (unpaired) electrons. The molecule has 2 aliphatic rings. The van der Waals surface area contributed by atoms with E-state index in [0.29, 0.717) is 41.5 Å². The maximum atomic E-state index is 13.7. The number of nitrogens with one attached hydrogen (secondary N) is 2. The van der Waals surface area contributed by atoms with Gasteiger partial charge < -0.3 is 24.2 Å². The number of aryl methyl sites for hydroxylation is 1. The number of aromatic nitrogens is 2. The molecule has 0 unspecified atom stereocenters. The van der Waals surface area contributed by atoms with Gasteiger partial charge in [-0.05, 0) is 67.5 Å². The normalized spacial score (nSPS) is 23.1. The fourth-order valence-corrected chi connectivity index (χ4v) is 5.13. The second kappa shape index (κ2) is 7.81. The molecule has 1 saturated carbocycles. The summed E-state index contributed by atoms with van der Waals surface area (Å²) >= 11 is 0. The Hall–Kier alpha value is -3.06. The minimum atomic E-state index is -0.178. The van der Waals surface area contributed by atoms with Crippen LogP contribution < -0.4 is 14.8 Å². The van der Waals surface area contributed by atoms with Crippen LogP contribution >= 0.6 is 0 Å². The highest BCUT2D eigenvalue weighted by molar-refractivity contribution is 5.84. The maximum Gasteiger partial charge on any atom is 0.207 e. The van der Waals surface area contributed by atoms with E-state index in [2.05, 4.69) is 21.5 Å². The van der Waals surface area contributed by atoms with Crippen molar-refractivity contribution in [3.05, 3.63) is 53.8 Å². The van der Waals surface area contributed by atoms with Gasteiger partial charge in [0.2, 0.25) is 11.3 Å². The average molecular weight is 435 g/mol. The standard InChI is InChI=1S/C25H26FN3O3/c1-14-29-22-8-9-23-25(24(22)31-14)32-18(13-30-23)11-27-17-5-2-15(3-6-17)20-12-28-21-7-4-16(26)10-19(20)21/h4,7-10,12,15,17-18,27-28H,2-3,5-6,11,13H2,1H3/t15-,17+,18-/m0/s1. The molecule has 1 aliphatic heterocycles. The fourth-order valence-electron chi connectivity index (χ4n) is 5.13. The predicted octanol–water partition coefficient (Wildman–Crippen LogP) is 5.21. The summed E-state index contributed by atoms with van der Waals surface area (Å²) in [7, 11) is 0. The lowest BCUT2D eigenvalue weighted by atomic mass is 9.81. The van der Waals surface area contributed by atoms with Crippen molar-refractivity contribution in [1.29, 1.82) is 0 Å². The van der Waals surface area contributed by atoms with Crippen molar-refractivity contribution in [2.75, 3.05) is 13.2 Å². The highest BCUT2D eigenvalue weighted by Crippen LogP contribution is 2.40. The first-order valence-electron chi connectivity index (χ1n) is 11.3. The van der Waals surface area contributed by atoms with Crippen LogP contribution in [0.2, 0.25) is 0 Å². The van der Waals surface area contributed by atoms with Crippen molar-refractivity contribution in [3.63, 3.8) is 0 Å². The zero-order valence-electron chi connectivity index (χ0n) is 18.0. The quantitative estimate of drug-likeness (QED) is 0.460. The zero-order chi connectivity index (χ0) is 21.7. The minimum absolute atomic E-state index is 0.0761. The Morgan fingerprint density at radius 1 is 1.16 bits per heavy atom. The van der Waals surface area contributed by atoms with Crippen molar-refractivity contribution < 1.29 is 18.3 Å². The Balaban J connectivity index is 1.07. The lowest BCUT2D eigenvalue weighted by Gasteiger charge is -2.32. The van der Waals surface area contributed by atoms with Crippen LogP contribution in [0.5, 0.6) is 11.5 Å². The van der Waals surface area contributed by atoms with E-state index in [-0.39, 0.29) is 11.9 Å². The lowest BCUT2D eigenvalue weighted by Crippen LogP contribution is -2.43. The van der Waals surface area contributed by atoms with Gasteiger partial charge in [0.25, 0.3) is 0 Å². The summed E-state index contributed by atoms with van der Waals surface area (Å²) in [6.07, 6.45) is 6.32. The number of hydrogen-bond donors (Lipinski definition) is 2. The van der Waals surface area contributed by atoms with Crippen LogP contribution in [0.25, 0.3) is 22.0 Å². The number of oxazole rings is 1. The molecule has 1 fully saturated rings. The molecule has 0 amide bonds. The number of rotatable bonds is 4. The van der Waals surface area contributed by atoms with Crippen molar-refractivity contribution in [1.82, 2.24) is 15.3 Å². The van der Waals surface area contributed by atoms with Gasteiger partial charge in [-0.2, -0.15) is 0 Å². The molecule has 166 valence electrons. The van der Waals surface area contributed by atoms with E-state index < -0.39 is 0 Å². The highest BCUT2D eigenvalue weighted by atomic mass is 19.1. The van der Waals surface area contributed by atoms with Crippen LogP contribution in [0.15, 0.2) is 40.9 Å². The third-order valence-corrected chi connectivity index (χ3v) is 6.77. The molecule has 0 bridgehead atoms. The van der Waals surface area contributed by atoms with Crippen LogP contribution in [-0.4, -0.2) is 35.3 Å². The number of fused-ring (bicyclic) bond motifs is 4. The van der Waals surface area contributed by atoms with Crippen LogP contribution in [-0.2, 0) is 0 Å². The number of hydrogen-bond acceptors (Lipinski definition) is 5. The maximum absolute atomic E-state index is 13.7. The number of H-pyrrole nitrogens is 1. The molecule has 1 atom stereocenters. The summed E-state index contributed by atoms with van der Waals surface area (Å²) in [4.78, 5) is 7.67. The Morgan fingerprint density at radius 2 is 2.03 bits per heavy atom. The molecule has 32 heavy (non-hydrogen) atoms. The lowest BCUT2D eigenvalue weighted by molar-refractivity contribution is 0.0872. The van der Waals surface area contributed by atoms with Crippen LogP contribution in [0.1, 0.15) is 43.1 Å². The van der Waals surface area contributed by atoms with E-state index in [1.807, 2.05) is 25.1 Å². The number of nitrogens with zero attached hydrogens (tertiary/aromatic N) is 1. The third kappa shape index (κ3) is 3.50. The number of aromatic amines is 1. The highest BCUT2D eigenvalue weighted by Gasteiger charge is 2.28. The largest absolute Gasteiger partial charge is 0.486 e. The third-order valence-electron chi connectivity index (χ3n) is 6.77. The first-order chi connectivity index (χ1) is 15.6. The van der Waals surface area contributed by atoms with Gasteiger partial charge in [0, 0.05) is 36.6 Å². The van der Waals surface area contributed by atoms with Crippen molar-refractivity contribution in [2.45, 2.75) is 50.7 Å². The summed E-state index contributed by atoms with van der Waals surface area (Å²) in [5, 5.41) is 4.68. The van der Waals surface area contributed by atoms with E-state index in [9.17, 15) is 4.39 Å². The number of ether oxygens (including phenoxy) is 2. The average Bonchev–Trinajstić information content (AvgIpc) is 3.40. The van der Waals surface area contributed by atoms with Gasteiger partial charge in [-0.15, -0.1) is 0 Å². The molecule has 4 aromatic rings. The number of halogens is 1. The first kappa shape index (κ1) is 19.6. The number of benzene rings is 2. The SMILES string of the molecule is Cc1nc2ccc3c(c2o1)O[C@@H](CN[C@H]1CC[C@@H](c2c[nH]c4ccc(F)cc42)CC1)CO3.